The van der Waals surface area contributed by atoms with Gasteiger partial charge < -0.3 is 5.11 Å². The number of hydrogen-bond acceptors (Lipinski definition) is 4. The summed E-state index contributed by atoms with van der Waals surface area (Å²) in [6.07, 6.45) is 0. The van der Waals surface area contributed by atoms with E-state index in [9.17, 15) is 13.2 Å². The number of carbonyl (C=O) groups is 1. The van der Waals surface area contributed by atoms with Gasteiger partial charge in [-0.3, -0.25) is 4.72 Å². The van der Waals surface area contributed by atoms with E-state index in [4.69, 9.17) is 5.11 Å². The van der Waals surface area contributed by atoms with Crippen LogP contribution in [0.4, 0.5) is 5.69 Å². The van der Waals surface area contributed by atoms with Crippen LogP contribution < -0.4 is 4.72 Å². The quantitative estimate of drug-likeness (QED) is 0.850. The third-order valence-electron chi connectivity index (χ3n) is 3.70. The summed E-state index contributed by atoms with van der Waals surface area (Å²) in [6, 6.07) is 5.19. The number of carboxylic acid groups (broad SMARTS) is 1. The summed E-state index contributed by atoms with van der Waals surface area (Å²) >= 11 is 0.981. The molecule has 1 aromatic carbocycles. The number of anilines is 1. The highest BCUT2D eigenvalue weighted by Gasteiger charge is 2.25. The molecule has 0 bridgehead atoms. The van der Waals surface area contributed by atoms with Crippen LogP contribution in [-0.2, 0) is 15.4 Å². The van der Waals surface area contributed by atoms with Crippen molar-refractivity contribution in [1.29, 1.82) is 0 Å². The van der Waals surface area contributed by atoms with Crippen LogP contribution in [0.3, 0.4) is 0 Å². The van der Waals surface area contributed by atoms with Gasteiger partial charge in [0, 0.05) is 0 Å². The zero-order chi connectivity index (χ0) is 18.3. The number of sulfonamides is 1. The lowest BCUT2D eigenvalue weighted by Gasteiger charge is -2.22. The van der Waals surface area contributed by atoms with Gasteiger partial charge in [0.05, 0.1) is 10.6 Å². The van der Waals surface area contributed by atoms with Crippen molar-refractivity contribution in [2.75, 3.05) is 4.72 Å². The molecule has 0 aliphatic carbocycles. The van der Waals surface area contributed by atoms with Gasteiger partial charge in [0.25, 0.3) is 10.0 Å². The van der Waals surface area contributed by atoms with Gasteiger partial charge in [0.2, 0.25) is 0 Å². The molecule has 0 atom stereocenters. The topological polar surface area (TPSA) is 83.5 Å². The molecule has 0 amide bonds. The second kappa shape index (κ2) is 6.22. The third-order valence-corrected chi connectivity index (χ3v) is 6.27. The monoisotopic (exact) mass is 367 g/mol. The third kappa shape index (κ3) is 3.62. The Kier molecular flexibility index (Phi) is 4.79. The first-order chi connectivity index (χ1) is 10.9. The fourth-order valence-corrected chi connectivity index (χ4v) is 4.84. The Morgan fingerprint density at radius 1 is 1.17 bits per heavy atom. The van der Waals surface area contributed by atoms with Gasteiger partial charge in [-0.05, 0) is 47.4 Å². The number of hydrogen-bond donors (Lipinski definition) is 2. The molecule has 5 nitrogen and oxygen atoms in total. The van der Waals surface area contributed by atoms with Crippen LogP contribution in [0.2, 0.25) is 0 Å². The minimum Gasteiger partial charge on any atom is -0.477 e. The maximum atomic E-state index is 12.8. The molecule has 24 heavy (non-hydrogen) atoms. The van der Waals surface area contributed by atoms with E-state index in [0.29, 0.717) is 11.1 Å². The molecule has 2 N–H and O–H groups in total. The predicted molar refractivity (Wildman–Crippen MR) is 96.7 cm³/mol. The van der Waals surface area contributed by atoms with Crippen molar-refractivity contribution in [2.24, 2.45) is 0 Å². The van der Waals surface area contributed by atoms with Crippen molar-refractivity contribution < 1.29 is 18.3 Å². The number of nitrogens with one attached hydrogen (secondary N) is 1. The van der Waals surface area contributed by atoms with E-state index < -0.39 is 16.0 Å². The molecular weight excluding hydrogens is 346 g/mol. The summed E-state index contributed by atoms with van der Waals surface area (Å²) in [6.45, 7) is 9.71. The molecule has 7 heteroatoms. The molecule has 130 valence electrons. The van der Waals surface area contributed by atoms with E-state index in [0.717, 1.165) is 16.9 Å². The first kappa shape index (κ1) is 18.5. The number of rotatable bonds is 4. The van der Waals surface area contributed by atoms with Gasteiger partial charge in [-0.15, -0.1) is 11.3 Å². The van der Waals surface area contributed by atoms with Crippen LogP contribution >= 0.6 is 11.3 Å². The normalized spacial score (nSPS) is 12.2. The molecular formula is C17H21NO4S2. The summed E-state index contributed by atoms with van der Waals surface area (Å²) < 4.78 is 28.0. The highest BCUT2D eigenvalue weighted by molar-refractivity contribution is 7.92. The van der Waals surface area contributed by atoms with Gasteiger partial charge in [-0.25, -0.2) is 13.2 Å². The van der Waals surface area contributed by atoms with Crippen molar-refractivity contribution in [3.63, 3.8) is 0 Å². The average Bonchev–Trinajstić information content (AvgIpc) is 2.83. The van der Waals surface area contributed by atoms with Gasteiger partial charge in [0.15, 0.2) is 0 Å². The molecule has 1 heterocycles. The molecule has 0 unspecified atom stereocenters. The van der Waals surface area contributed by atoms with Crippen LogP contribution in [-0.4, -0.2) is 19.5 Å². The lowest BCUT2D eigenvalue weighted by molar-refractivity contribution is 0.0703. The molecule has 0 saturated heterocycles. The number of aromatic carboxylic acids is 1. The van der Waals surface area contributed by atoms with E-state index >= 15 is 0 Å². The summed E-state index contributed by atoms with van der Waals surface area (Å²) in [7, 11) is -3.87. The Morgan fingerprint density at radius 3 is 2.17 bits per heavy atom. The molecule has 0 saturated carbocycles. The highest BCUT2D eigenvalue weighted by atomic mass is 32.2. The number of thiophene rings is 1. The molecule has 0 spiro atoms. The second-order valence-electron chi connectivity index (χ2n) is 6.76. The maximum Gasteiger partial charge on any atom is 0.348 e. The average molecular weight is 367 g/mol. The Labute approximate surface area is 146 Å². The van der Waals surface area contributed by atoms with Crippen LogP contribution in [0.15, 0.2) is 28.5 Å². The summed E-state index contributed by atoms with van der Waals surface area (Å²) in [5, 5.41) is 10.7. The molecule has 2 rings (SSSR count). The smallest absolute Gasteiger partial charge is 0.348 e. The Hall–Kier alpha value is -1.86. The minimum absolute atomic E-state index is 0.0276. The van der Waals surface area contributed by atoms with Gasteiger partial charge in [0.1, 0.15) is 4.88 Å². The standard InChI is InChI=1S/C17H21NO4S2/c1-10-8-12(17(3,4)5)9-11(2)15(10)24(21,22)18-13-6-7-23-14(13)16(19)20/h6-9,18H,1-5H3,(H,19,20). The van der Waals surface area contributed by atoms with E-state index in [1.165, 1.54) is 6.07 Å². The molecule has 0 fully saturated rings. The first-order valence-electron chi connectivity index (χ1n) is 7.39. The number of carboxylic acids is 1. The fourth-order valence-electron chi connectivity index (χ4n) is 2.56. The zero-order valence-corrected chi connectivity index (χ0v) is 15.9. The Morgan fingerprint density at radius 2 is 1.71 bits per heavy atom. The molecule has 0 aliphatic heterocycles. The largest absolute Gasteiger partial charge is 0.477 e. The summed E-state index contributed by atoms with van der Waals surface area (Å²) in [4.78, 5) is 11.3. The van der Waals surface area contributed by atoms with E-state index in [-0.39, 0.29) is 20.9 Å². The van der Waals surface area contributed by atoms with E-state index in [1.807, 2.05) is 12.1 Å². The number of aryl methyl sites for hydroxylation is 2. The predicted octanol–water partition coefficient (Wildman–Crippen LogP) is 4.16. The lowest BCUT2D eigenvalue weighted by Crippen LogP contribution is -2.19. The SMILES string of the molecule is Cc1cc(C(C)(C)C)cc(C)c1S(=O)(=O)Nc1ccsc1C(=O)O. The van der Waals surface area contributed by atoms with Gasteiger partial charge in [-0.1, -0.05) is 32.9 Å². The van der Waals surface area contributed by atoms with Crippen molar-refractivity contribution >= 4 is 33.0 Å². The van der Waals surface area contributed by atoms with Crippen LogP contribution in [0.5, 0.6) is 0 Å². The Balaban J connectivity index is 2.50. The summed E-state index contributed by atoms with van der Waals surface area (Å²) in [5.74, 6) is -1.15. The second-order valence-corrected chi connectivity index (χ2v) is 9.30. The Bertz CT molecular complexity index is 867. The number of benzene rings is 1. The zero-order valence-electron chi connectivity index (χ0n) is 14.3. The van der Waals surface area contributed by atoms with Crippen molar-refractivity contribution in [2.45, 2.75) is 44.9 Å². The minimum atomic E-state index is -3.87. The fraction of sp³-hybridized carbons (Fsp3) is 0.353. The van der Waals surface area contributed by atoms with E-state index in [1.54, 1.807) is 19.2 Å². The van der Waals surface area contributed by atoms with E-state index in [2.05, 4.69) is 25.5 Å². The summed E-state index contributed by atoms with van der Waals surface area (Å²) in [5.41, 5.74) is 2.33. The van der Waals surface area contributed by atoms with Crippen molar-refractivity contribution in [3.8, 4) is 0 Å². The van der Waals surface area contributed by atoms with Crippen LogP contribution in [0, 0.1) is 13.8 Å². The molecule has 2 aromatic rings. The first-order valence-corrected chi connectivity index (χ1v) is 9.75. The highest BCUT2D eigenvalue weighted by Crippen LogP contribution is 2.31. The van der Waals surface area contributed by atoms with Crippen LogP contribution in [0.1, 0.15) is 47.1 Å². The maximum absolute atomic E-state index is 12.8. The molecule has 1 aromatic heterocycles. The molecule has 0 aliphatic rings. The van der Waals surface area contributed by atoms with Crippen LogP contribution in [0.25, 0.3) is 0 Å². The van der Waals surface area contributed by atoms with Gasteiger partial charge in [-0.2, -0.15) is 0 Å². The van der Waals surface area contributed by atoms with Crippen molar-refractivity contribution in [3.05, 3.63) is 45.1 Å². The van der Waals surface area contributed by atoms with Gasteiger partial charge >= 0.3 is 5.97 Å². The molecule has 0 radical (unpaired) electrons. The van der Waals surface area contributed by atoms with Crippen molar-refractivity contribution in [1.82, 2.24) is 0 Å². The lowest BCUT2D eigenvalue weighted by atomic mass is 9.85.